The van der Waals surface area contributed by atoms with Crippen LogP contribution < -0.4 is 20.4 Å². The highest BCUT2D eigenvalue weighted by atomic mass is 32.1. The van der Waals surface area contributed by atoms with Gasteiger partial charge in [-0.3, -0.25) is 9.69 Å². The van der Waals surface area contributed by atoms with Gasteiger partial charge >= 0.3 is 6.09 Å². The minimum atomic E-state index is -0.866. The summed E-state index contributed by atoms with van der Waals surface area (Å²) in [5.41, 5.74) is -0.277. The molecule has 2 N–H and O–H groups in total. The zero-order chi connectivity index (χ0) is 20.3. The molecular formula is C17H20F2N4O4S. The first kappa shape index (κ1) is 20.1. The van der Waals surface area contributed by atoms with E-state index in [-0.39, 0.29) is 48.8 Å². The molecule has 0 radical (unpaired) electrons. The van der Waals surface area contributed by atoms with Crippen LogP contribution in [-0.4, -0.2) is 56.2 Å². The number of rotatable bonds is 6. The summed E-state index contributed by atoms with van der Waals surface area (Å²) in [6.07, 6.45) is -0.457. The first-order valence-electron chi connectivity index (χ1n) is 8.78. The van der Waals surface area contributed by atoms with E-state index in [4.69, 9.17) is 21.7 Å². The Morgan fingerprint density at radius 3 is 2.71 bits per heavy atom. The van der Waals surface area contributed by atoms with Crippen molar-refractivity contribution in [1.29, 1.82) is 0 Å². The maximum Gasteiger partial charge on any atom is 0.414 e. The molecule has 28 heavy (non-hydrogen) atoms. The van der Waals surface area contributed by atoms with E-state index in [0.29, 0.717) is 6.61 Å². The summed E-state index contributed by atoms with van der Waals surface area (Å²) in [6, 6.07) is 2.10. The van der Waals surface area contributed by atoms with Crippen molar-refractivity contribution >= 4 is 40.8 Å². The van der Waals surface area contributed by atoms with E-state index in [2.05, 4.69) is 10.6 Å². The smallest absolute Gasteiger partial charge is 0.414 e. The zero-order valence-corrected chi connectivity index (χ0v) is 16.0. The molecular weight excluding hydrogens is 394 g/mol. The average Bonchev–Trinajstić information content (AvgIpc) is 3.23. The lowest BCUT2D eigenvalue weighted by Crippen LogP contribution is -2.35. The summed E-state index contributed by atoms with van der Waals surface area (Å²) in [7, 11) is 0. The lowest BCUT2D eigenvalue weighted by atomic mass is 10.2. The van der Waals surface area contributed by atoms with Crippen LogP contribution in [0.25, 0.3) is 0 Å². The van der Waals surface area contributed by atoms with E-state index < -0.39 is 23.8 Å². The van der Waals surface area contributed by atoms with Crippen LogP contribution in [0, 0.1) is 11.6 Å². The summed E-state index contributed by atoms with van der Waals surface area (Å²) in [5.74, 6) is -2.05. The van der Waals surface area contributed by atoms with Crippen molar-refractivity contribution in [2.24, 2.45) is 0 Å². The van der Waals surface area contributed by atoms with Crippen LogP contribution in [0.5, 0.6) is 0 Å². The normalized spacial score (nSPS) is 18.9. The maximum absolute atomic E-state index is 14.5. The first-order valence-corrected chi connectivity index (χ1v) is 9.19. The number of halogens is 2. The van der Waals surface area contributed by atoms with Gasteiger partial charge in [-0.15, -0.1) is 0 Å². The highest BCUT2D eigenvalue weighted by molar-refractivity contribution is 7.80. The van der Waals surface area contributed by atoms with Gasteiger partial charge < -0.3 is 25.0 Å². The summed E-state index contributed by atoms with van der Waals surface area (Å²) in [6.45, 7) is 2.63. The molecule has 0 saturated carbocycles. The van der Waals surface area contributed by atoms with E-state index in [9.17, 15) is 18.4 Å². The van der Waals surface area contributed by atoms with Crippen LogP contribution >= 0.6 is 12.2 Å². The Kier molecular flexibility index (Phi) is 6.12. The Bertz CT molecular complexity index is 771. The topological polar surface area (TPSA) is 83.1 Å². The Balaban J connectivity index is 1.66. The van der Waals surface area contributed by atoms with E-state index in [1.165, 1.54) is 4.90 Å². The van der Waals surface area contributed by atoms with Crippen molar-refractivity contribution in [2.45, 2.75) is 19.4 Å². The number of amides is 2. The molecule has 11 heteroatoms. The Morgan fingerprint density at radius 2 is 2.11 bits per heavy atom. The number of nitrogens with one attached hydrogen (secondary N) is 2. The molecule has 1 aromatic rings. The van der Waals surface area contributed by atoms with Crippen molar-refractivity contribution in [3.05, 3.63) is 23.8 Å². The largest absolute Gasteiger partial charge is 0.471 e. The fourth-order valence-corrected chi connectivity index (χ4v) is 3.09. The van der Waals surface area contributed by atoms with E-state index >= 15 is 0 Å². The van der Waals surface area contributed by atoms with Gasteiger partial charge in [-0.25, -0.2) is 13.6 Å². The van der Waals surface area contributed by atoms with Crippen LogP contribution in [0.15, 0.2) is 12.1 Å². The predicted octanol–water partition coefficient (Wildman–Crippen LogP) is 1.48. The quantitative estimate of drug-likeness (QED) is 0.683. The molecule has 8 nitrogen and oxygen atoms in total. The van der Waals surface area contributed by atoms with Crippen LogP contribution in [0.4, 0.5) is 25.0 Å². The predicted molar refractivity (Wildman–Crippen MR) is 101 cm³/mol. The number of cyclic esters (lactones) is 1. The van der Waals surface area contributed by atoms with Crippen molar-refractivity contribution in [3.8, 4) is 0 Å². The molecule has 1 aromatic carbocycles. The highest BCUT2D eigenvalue weighted by Crippen LogP contribution is 2.31. The monoisotopic (exact) mass is 414 g/mol. The summed E-state index contributed by atoms with van der Waals surface area (Å²) < 4.78 is 39.4. The van der Waals surface area contributed by atoms with Crippen molar-refractivity contribution in [3.63, 3.8) is 0 Å². The Hall–Kier alpha value is -2.69. The third kappa shape index (κ3) is 4.41. The number of anilines is 2. The minimum absolute atomic E-state index is 0.0194. The van der Waals surface area contributed by atoms with Gasteiger partial charge in [-0.05, 0) is 18.6 Å². The van der Waals surface area contributed by atoms with E-state index in [0.717, 1.165) is 23.5 Å². The van der Waals surface area contributed by atoms with Gasteiger partial charge in [-0.1, -0.05) is 6.92 Å². The molecule has 2 heterocycles. The van der Waals surface area contributed by atoms with E-state index in [1.807, 2.05) is 6.92 Å². The SMILES string of the molecule is CCCOC(=S)NCC1CN(c2cc(F)c(N3CNC(=O)C3)c(F)c2)C(=O)O1. The molecule has 2 aliphatic rings. The molecule has 0 aromatic heterocycles. The number of thiocarbonyl (C=S) groups is 1. The van der Waals surface area contributed by atoms with Gasteiger partial charge in [0.1, 0.15) is 11.8 Å². The van der Waals surface area contributed by atoms with Crippen LogP contribution in [0.3, 0.4) is 0 Å². The molecule has 0 spiro atoms. The number of hydrogen-bond acceptors (Lipinski definition) is 6. The third-order valence-corrected chi connectivity index (χ3v) is 4.48. The van der Waals surface area contributed by atoms with Gasteiger partial charge in [-0.2, -0.15) is 0 Å². The third-order valence-electron chi connectivity index (χ3n) is 4.22. The average molecular weight is 414 g/mol. The molecule has 0 bridgehead atoms. The number of hydrogen-bond donors (Lipinski definition) is 2. The standard InChI is InChI=1S/C17H20F2N4O4S/c1-2-3-26-16(28)20-6-11-7-23(17(25)27-11)10-4-12(18)15(13(19)5-10)22-8-14(24)21-9-22/h4-5,11H,2-3,6-9H2,1H3,(H,20,28)(H,21,24). The minimum Gasteiger partial charge on any atom is -0.471 e. The number of ether oxygens (including phenoxy) is 2. The molecule has 152 valence electrons. The van der Waals surface area contributed by atoms with Gasteiger partial charge in [0, 0.05) is 12.1 Å². The molecule has 2 amide bonds. The lowest BCUT2D eigenvalue weighted by Gasteiger charge is -2.20. The van der Waals surface area contributed by atoms with Crippen molar-refractivity contribution < 1.29 is 27.8 Å². The number of carbonyl (C=O) groups excluding carboxylic acids is 2. The number of nitrogens with zero attached hydrogens (tertiary/aromatic N) is 2. The lowest BCUT2D eigenvalue weighted by molar-refractivity contribution is -0.118. The van der Waals surface area contributed by atoms with Gasteiger partial charge in [0.15, 0.2) is 11.6 Å². The fourth-order valence-electron chi connectivity index (χ4n) is 2.92. The summed E-state index contributed by atoms with van der Waals surface area (Å²) in [5, 5.41) is 5.52. The van der Waals surface area contributed by atoms with Gasteiger partial charge in [0.2, 0.25) is 5.91 Å². The summed E-state index contributed by atoms with van der Waals surface area (Å²) in [4.78, 5) is 25.8. The number of benzene rings is 1. The maximum atomic E-state index is 14.5. The molecule has 1 atom stereocenters. The van der Waals surface area contributed by atoms with Crippen LogP contribution in [-0.2, 0) is 14.3 Å². The van der Waals surface area contributed by atoms with Crippen LogP contribution in [0.1, 0.15) is 13.3 Å². The molecule has 0 aliphatic carbocycles. The van der Waals surface area contributed by atoms with Crippen molar-refractivity contribution in [2.75, 3.05) is 42.7 Å². The second kappa shape index (κ2) is 8.55. The number of carbonyl (C=O) groups is 2. The second-order valence-corrected chi connectivity index (χ2v) is 6.72. The van der Waals surface area contributed by atoms with Gasteiger partial charge in [0.25, 0.3) is 5.17 Å². The molecule has 2 saturated heterocycles. The molecule has 2 aliphatic heterocycles. The first-order chi connectivity index (χ1) is 13.4. The summed E-state index contributed by atoms with van der Waals surface area (Å²) >= 11 is 5.00. The van der Waals surface area contributed by atoms with Gasteiger partial charge in [0.05, 0.1) is 38.6 Å². The molecule has 3 rings (SSSR count). The fraction of sp³-hybridized carbons (Fsp3) is 0.471. The van der Waals surface area contributed by atoms with Crippen molar-refractivity contribution in [1.82, 2.24) is 10.6 Å². The van der Waals surface area contributed by atoms with E-state index in [1.54, 1.807) is 0 Å². The Labute approximate surface area is 165 Å². The molecule has 2 fully saturated rings. The highest BCUT2D eigenvalue weighted by Gasteiger charge is 2.34. The molecule has 1 unspecified atom stereocenters. The zero-order valence-electron chi connectivity index (χ0n) is 15.2. The Morgan fingerprint density at radius 1 is 1.39 bits per heavy atom. The van der Waals surface area contributed by atoms with Crippen LogP contribution in [0.2, 0.25) is 0 Å². The second-order valence-electron chi connectivity index (χ2n) is 6.35.